The van der Waals surface area contributed by atoms with E-state index in [1.165, 1.54) is 44.6 Å². The molecule has 0 bridgehead atoms. The number of methoxy groups -OCH3 is 2. The molecule has 2 aromatic carbocycles. The summed E-state index contributed by atoms with van der Waals surface area (Å²) in [6.07, 6.45) is 4.99. The minimum Gasteiger partial charge on any atom is -0.493 e. The average molecular weight is 548 g/mol. The Balaban J connectivity index is 1.36. The minimum atomic E-state index is -1.28. The molecule has 10 heteroatoms. The van der Waals surface area contributed by atoms with Gasteiger partial charge in [0.2, 0.25) is 11.8 Å². The topological polar surface area (TPSA) is 98.8 Å². The molecular weight excluding hydrogens is 520 g/mol. The van der Waals surface area contributed by atoms with Gasteiger partial charge < -0.3 is 24.8 Å². The van der Waals surface area contributed by atoms with E-state index in [1.807, 2.05) is 0 Å². The number of allylic oxidation sites excluding steroid dienone is 4. The maximum Gasteiger partial charge on any atom is 0.240 e. The van der Waals surface area contributed by atoms with Crippen LogP contribution in [0.1, 0.15) is 26.2 Å². The molecule has 0 spiro atoms. The molecular formula is C30H27F2N3O5. The molecule has 0 saturated heterocycles. The van der Waals surface area contributed by atoms with Gasteiger partial charge in [0.15, 0.2) is 11.5 Å². The van der Waals surface area contributed by atoms with Gasteiger partial charge in [0.25, 0.3) is 0 Å². The Kier molecular flexibility index (Phi) is 7.25. The van der Waals surface area contributed by atoms with Crippen molar-refractivity contribution in [2.45, 2.75) is 26.2 Å². The Labute approximate surface area is 229 Å². The van der Waals surface area contributed by atoms with E-state index < -0.39 is 28.9 Å². The molecule has 2 aliphatic rings. The molecule has 2 aliphatic carbocycles. The van der Waals surface area contributed by atoms with E-state index in [1.54, 1.807) is 37.4 Å². The van der Waals surface area contributed by atoms with Crippen molar-refractivity contribution in [3.63, 3.8) is 0 Å². The second-order valence-corrected chi connectivity index (χ2v) is 9.61. The predicted octanol–water partition coefficient (Wildman–Crippen LogP) is 5.72. The molecule has 1 aromatic heterocycles. The summed E-state index contributed by atoms with van der Waals surface area (Å²) < 4.78 is 45.0. The lowest BCUT2D eigenvalue weighted by Crippen LogP contribution is -2.39. The molecule has 1 fully saturated rings. The highest BCUT2D eigenvalue weighted by molar-refractivity contribution is 6.13. The van der Waals surface area contributed by atoms with E-state index in [0.29, 0.717) is 58.0 Å². The lowest BCUT2D eigenvalue weighted by molar-refractivity contribution is -0.133. The summed E-state index contributed by atoms with van der Waals surface area (Å²) in [5.74, 6) is -0.235. The van der Waals surface area contributed by atoms with Gasteiger partial charge in [-0.3, -0.25) is 14.6 Å². The first-order valence-corrected chi connectivity index (χ1v) is 12.6. The number of amides is 2. The van der Waals surface area contributed by atoms with Gasteiger partial charge in [0.1, 0.15) is 28.6 Å². The van der Waals surface area contributed by atoms with E-state index in [9.17, 15) is 18.4 Å². The number of rotatable bonds is 8. The van der Waals surface area contributed by atoms with Gasteiger partial charge in [-0.25, -0.2) is 8.78 Å². The Hall–Kier alpha value is -4.73. The summed E-state index contributed by atoms with van der Waals surface area (Å²) in [6, 6.07) is 10.4. The summed E-state index contributed by atoms with van der Waals surface area (Å²) in [6.45, 7) is 1.71. The Morgan fingerprint density at radius 2 is 1.57 bits per heavy atom. The highest BCUT2D eigenvalue weighted by Gasteiger charge is 2.56. The first-order valence-electron chi connectivity index (χ1n) is 12.6. The first-order chi connectivity index (χ1) is 19.2. The fourth-order valence-electron chi connectivity index (χ4n) is 4.44. The van der Waals surface area contributed by atoms with Crippen LogP contribution in [0.2, 0.25) is 0 Å². The predicted molar refractivity (Wildman–Crippen MR) is 145 cm³/mol. The third-order valence-corrected chi connectivity index (χ3v) is 6.86. The number of halogens is 2. The van der Waals surface area contributed by atoms with E-state index >= 15 is 0 Å². The zero-order chi connectivity index (χ0) is 28.4. The smallest absolute Gasteiger partial charge is 0.240 e. The second-order valence-electron chi connectivity index (χ2n) is 9.61. The second kappa shape index (κ2) is 10.8. The third-order valence-electron chi connectivity index (χ3n) is 6.86. The number of nitrogens with one attached hydrogen (secondary N) is 2. The van der Waals surface area contributed by atoms with Crippen LogP contribution in [-0.4, -0.2) is 31.0 Å². The van der Waals surface area contributed by atoms with Gasteiger partial charge in [-0.15, -0.1) is 0 Å². The number of nitrogens with zero attached hydrogens (tertiary/aromatic N) is 1. The lowest BCUT2D eigenvalue weighted by atomic mass is 10.0. The van der Waals surface area contributed by atoms with Crippen LogP contribution in [-0.2, 0) is 9.59 Å². The fraction of sp³-hybridized carbons (Fsp3) is 0.233. The van der Waals surface area contributed by atoms with E-state index in [4.69, 9.17) is 14.2 Å². The zero-order valence-electron chi connectivity index (χ0n) is 22.1. The maximum atomic E-state index is 15.0. The summed E-state index contributed by atoms with van der Waals surface area (Å²) >= 11 is 0. The van der Waals surface area contributed by atoms with Crippen LogP contribution in [0.15, 0.2) is 83.7 Å². The van der Waals surface area contributed by atoms with Crippen LogP contribution in [0, 0.1) is 11.2 Å². The lowest BCUT2D eigenvalue weighted by Gasteiger charge is -2.16. The van der Waals surface area contributed by atoms with E-state index in [-0.39, 0.29) is 12.1 Å². The molecule has 2 N–H and O–H groups in total. The molecule has 40 heavy (non-hydrogen) atoms. The number of pyridine rings is 1. The SMILES string of the molecule is COc1cc2nccc(OC3=CC(C)=C(NC(=O)C4(C(=O)Nc5ccc(F)cc5)CC4)C=C(F)C3)c2cc1OC. The zero-order valence-corrected chi connectivity index (χ0v) is 22.1. The maximum absolute atomic E-state index is 15.0. The van der Waals surface area contributed by atoms with Crippen LogP contribution in [0.3, 0.4) is 0 Å². The molecule has 206 valence electrons. The van der Waals surface area contributed by atoms with Gasteiger partial charge in [-0.05, 0) is 73.9 Å². The average Bonchev–Trinajstić information content (AvgIpc) is 3.76. The molecule has 1 saturated carbocycles. The number of ether oxygens (including phenoxy) is 3. The van der Waals surface area contributed by atoms with Crippen LogP contribution in [0.5, 0.6) is 17.2 Å². The normalized spacial score (nSPS) is 15.9. The minimum absolute atomic E-state index is 0.149. The molecule has 2 amide bonds. The quantitative estimate of drug-likeness (QED) is 0.350. The van der Waals surface area contributed by atoms with Crippen molar-refractivity contribution in [2.24, 2.45) is 5.41 Å². The third kappa shape index (κ3) is 5.38. The van der Waals surface area contributed by atoms with Crippen LogP contribution >= 0.6 is 0 Å². The van der Waals surface area contributed by atoms with Gasteiger partial charge in [0.05, 0.1) is 26.2 Å². The molecule has 0 aliphatic heterocycles. The number of hydrogen-bond acceptors (Lipinski definition) is 6. The fourth-order valence-corrected chi connectivity index (χ4v) is 4.44. The molecule has 0 radical (unpaired) electrons. The Morgan fingerprint density at radius 3 is 2.25 bits per heavy atom. The summed E-state index contributed by atoms with van der Waals surface area (Å²) in [5, 5.41) is 6.03. The summed E-state index contributed by atoms with van der Waals surface area (Å²) in [5.41, 5.74) is 0.480. The Bertz CT molecular complexity index is 1590. The number of aromatic nitrogens is 1. The Morgan fingerprint density at radius 1 is 0.900 bits per heavy atom. The van der Waals surface area contributed by atoms with Gasteiger partial charge in [0, 0.05) is 29.0 Å². The molecule has 8 nitrogen and oxygen atoms in total. The van der Waals surface area contributed by atoms with Crippen molar-refractivity contribution < 1.29 is 32.6 Å². The van der Waals surface area contributed by atoms with Crippen LogP contribution < -0.4 is 24.8 Å². The van der Waals surface area contributed by atoms with Crippen LogP contribution in [0.4, 0.5) is 14.5 Å². The van der Waals surface area contributed by atoms with Crippen molar-refractivity contribution >= 4 is 28.4 Å². The van der Waals surface area contributed by atoms with Crippen LogP contribution in [0.25, 0.3) is 10.9 Å². The van der Waals surface area contributed by atoms with Crippen molar-refractivity contribution in [1.82, 2.24) is 10.3 Å². The van der Waals surface area contributed by atoms with Crippen molar-refractivity contribution in [3.8, 4) is 17.2 Å². The molecule has 0 atom stereocenters. The van der Waals surface area contributed by atoms with Crippen molar-refractivity contribution in [3.05, 3.63) is 89.5 Å². The molecule has 5 rings (SSSR count). The standard InChI is InChI=1S/C30H27F2N3O5/c1-17-12-21(40-25-8-11-33-24-16-27(39-3)26(38-2)15-22(24)25)13-19(32)14-23(17)35-29(37)30(9-10-30)28(36)34-20-6-4-18(31)5-7-20/h4-8,11-12,14-16H,9-10,13H2,1-3H3,(H,34,36)(H,35,37). The number of benzene rings is 2. The summed E-state index contributed by atoms with van der Waals surface area (Å²) in [7, 11) is 3.06. The molecule has 1 heterocycles. The number of carbonyl (C=O) groups is 2. The van der Waals surface area contributed by atoms with Gasteiger partial charge >= 0.3 is 0 Å². The highest BCUT2D eigenvalue weighted by atomic mass is 19.1. The number of fused-ring (bicyclic) bond motifs is 1. The van der Waals surface area contributed by atoms with Gasteiger partial charge in [-0.1, -0.05) is 0 Å². The summed E-state index contributed by atoms with van der Waals surface area (Å²) in [4.78, 5) is 30.4. The number of hydrogen-bond donors (Lipinski definition) is 2. The monoisotopic (exact) mass is 547 g/mol. The van der Waals surface area contributed by atoms with E-state index in [0.717, 1.165) is 0 Å². The van der Waals surface area contributed by atoms with Crippen molar-refractivity contribution in [2.75, 3.05) is 19.5 Å². The van der Waals surface area contributed by atoms with Gasteiger partial charge in [-0.2, -0.15) is 0 Å². The largest absolute Gasteiger partial charge is 0.493 e. The van der Waals surface area contributed by atoms with Crippen molar-refractivity contribution in [1.29, 1.82) is 0 Å². The first kappa shape index (κ1) is 26.9. The number of carbonyl (C=O) groups excluding carboxylic acids is 2. The number of anilines is 1. The molecule has 3 aromatic rings. The van der Waals surface area contributed by atoms with E-state index in [2.05, 4.69) is 15.6 Å². The molecule has 0 unspecified atom stereocenters. The highest BCUT2D eigenvalue weighted by Crippen LogP contribution is 2.47.